The number of nitrogens with one attached hydrogen (secondary N) is 1. The third-order valence-corrected chi connectivity index (χ3v) is 15.4. The van der Waals surface area contributed by atoms with E-state index in [1.54, 1.807) is 71.6 Å². The quantitative estimate of drug-likeness (QED) is 0.0187. The Morgan fingerprint density at radius 3 is 2.22 bits per heavy atom. The average Bonchev–Trinajstić information content (AvgIpc) is 3.64. The smallest absolute Gasteiger partial charge is 0.412 e. The standard InChI is InChI=1S/C62H76FN5O10/c1-3-5-6-7-8-9-10-11-12-15-34-65-61(72)77-51-32-33-56-54(39-51)58-52(19-14-17-36-70)48(18-13-16-35-69)38-53-55(66-76-43-46-24-30-50(31-25-46)68(73)74)40-57(62(78-56,59(53)58)75-37-4-2)67(42-45-22-28-49(63)29-23-45)60(71)47-26-20-44(41-64)21-27-47/h4,20-33,38-39,48,52,57-59,69-70H,2-3,5-19,34-37,40,42-43H2,1H3,(H,65,72). The SMILES string of the molecule is C=CCOC12Oc3ccc(OC(=O)NCCCCCCCCCCCC)cc3C3C(CCCCO)C(CCCCO)C=C(C(=NOCc4ccc([N+](=O)[O-])cc4)CC1N(Cc1ccc(F)cc1)C(=O)c1ccc(C#N)cc1)C32. The molecule has 3 aliphatic rings. The van der Waals surface area contributed by atoms with E-state index in [2.05, 4.69) is 31.0 Å². The lowest BCUT2D eigenvalue weighted by molar-refractivity contribution is -0.384. The van der Waals surface area contributed by atoms with Gasteiger partial charge in [0.05, 0.1) is 34.8 Å². The molecule has 0 spiro atoms. The number of aliphatic hydroxyl groups excluding tert-OH is 2. The van der Waals surface area contributed by atoms with Crippen LogP contribution in [-0.4, -0.2) is 75.9 Å². The summed E-state index contributed by atoms with van der Waals surface area (Å²) in [6.07, 6.45) is 18.9. The molecule has 1 saturated carbocycles. The second kappa shape index (κ2) is 29.7. The highest BCUT2D eigenvalue weighted by atomic mass is 19.1. The summed E-state index contributed by atoms with van der Waals surface area (Å²) in [6, 6.07) is 24.7. The van der Waals surface area contributed by atoms with Crippen molar-refractivity contribution in [2.75, 3.05) is 26.4 Å². The van der Waals surface area contributed by atoms with Gasteiger partial charge in [-0.1, -0.05) is 107 Å². The van der Waals surface area contributed by atoms with Crippen LogP contribution in [-0.2, 0) is 22.7 Å². The molecule has 1 fully saturated rings. The molecule has 416 valence electrons. The van der Waals surface area contributed by atoms with Gasteiger partial charge in [0.1, 0.15) is 30.0 Å². The first-order chi connectivity index (χ1) is 38.0. The molecule has 0 radical (unpaired) electrons. The zero-order valence-corrected chi connectivity index (χ0v) is 45.0. The van der Waals surface area contributed by atoms with Crippen LogP contribution in [0.4, 0.5) is 14.9 Å². The van der Waals surface area contributed by atoms with Crippen molar-refractivity contribution in [3.8, 4) is 17.6 Å². The van der Waals surface area contributed by atoms with Gasteiger partial charge in [0, 0.05) is 61.9 Å². The molecule has 0 saturated heterocycles. The van der Waals surface area contributed by atoms with Gasteiger partial charge in [0.2, 0.25) is 5.79 Å². The molecule has 16 heteroatoms. The van der Waals surface area contributed by atoms with Crippen LogP contribution in [0.5, 0.6) is 11.5 Å². The Hall–Kier alpha value is -6.93. The van der Waals surface area contributed by atoms with Crippen LogP contribution in [0, 0.1) is 45.0 Å². The van der Waals surface area contributed by atoms with Gasteiger partial charge in [-0.25, -0.2) is 9.18 Å². The number of amides is 2. The van der Waals surface area contributed by atoms with E-state index < -0.39 is 46.4 Å². The highest BCUT2D eigenvalue weighted by Crippen LogP contribution is 2.62. The van der Waals surface area contributed by atoms with Gasteiger partial charge in [0.15, 0.2) is 0 Å². The van der Waals surface area contributed by atoms with Crippen LogP contribution in [0.1, 0.15) is 155 Å². The summed E-state index contributed by atoms with van der Waals surface area (Å²) >= 11 is 0. The number of benzene rings is 4. The fourth-order valence-corrected chi connectivity index (χ4v) is 11.5. The number of nitriles is 1. The van der Waals surface area contributed by atoms with E-state index in [4.69, 9.17) is 24.2 Å². The molecular formula is C62H76FN5O10. The van der Waals surface area contributed by atoms with Gasteiger partial charge in [-0.05, 0) is 127 Å². The number of allylic oxidation sites excluding steroid dienone is 1. The van der Waals surface area contributed by atoms with E-state index in [-0.39, 0.29) is 62.5 Å². The van der Waals surface area contributed by atoms with Crippen molar-refractivity contribution in [1.29, 1.82) is 5.26 Å². The van der Waals surface area contributed by atoms with Crippen LogP contribution >= 0.6 is 0 Å². The van der Waals surface area contributed by atoms with Gasteiger partial charge < -0.3 is 39.5 Å². The summed E-state index contributed by atoms with van der Waals surface area (Å²) in [5.74, 6) is -3.19. The Morgan fingerprint density at radius 1 is 0.897 bits per heavy atom. The van der Waals surface area contributed by atoms with Crippen molar-refractivity contribution in [3.05, 3.63) is 159 Å². The normalized spacial score (nSPS) is 20.5. The largest absolute Gasteiger partial charge is 0.459 e. The predicted octanol–water partition coefficient (Wildman–Crippen LogP) is 12.8. The van der Waals surface area contributed by atoms with E-state index in [1.807, 2.05) is 6.07 Å². The molecule has 0 bridgehead atoms. The number of ether oxygens (including phenoxy) is 3. The van der Waals surface area contributed by atoms with Crippen LogP contribution in [0.15, 0.2) is 120 Å². The number of nitro benzene ring substituents is 1. The summed E-state index contributed by atoms with van der Waals surface area (Å²) in [7, 11) is 0. The first-order valence-corrected chi connectivity index (χ1v) is 28.0. The maximum Gasteiger partial charge on any atom is 0.412 e. The maximum atomic E-state index is 15.5. The van der Waals surface area contributed by atoms with Gasteiger partial charge in [-0.2, -0.15) is 5.26 Å². The Bertz CT molecular complexity index is 2710. The van der Waals surface area contributed by atoms with Gasteiger partial charge in [-0.15, -0.1) is 6.58 Å². The molecule has 2 aliphatic carbocycles. The molecule has 0 aromatic heterocycles. The molecule has 6 unspecified atom stereocenters. The molecule has 15 nitrogen and oxygen atoms in total. The van der Waals surface area contributed by atoms with E-state index in [0.29, 0.717) is 79.0 Å². The number of unbranched alkanes of at least 4 members (excludes halogenated alkanes) is 11. The molecule has 1 heterocycles. The monoisotopic (exact) mass is 1070 g/mol. The van der Waals surface area contributed by atoms with E-state index in [9.17, 15) is 34.8 Å². The number of hydrogen-bond donors (Lipinski definition) is 3. The number of hydrogen-bond acceptors (Lipinski definition) is 12. The highest BCUT2D eigenvalue weighted by molar-refractivity contribution is 6.03. The van der Waals surface area contributed by atoms with E-state index >= 15 is 4.79 Å². The summed E-state index contributed by atoms with van der Waals surface area (Å²) < 4.78 is 35.2. The van der Waals surface area contributed by atoms with Crippen LogP contribution in [0.3, 0.4) is 0 Å². The van der Waals surface area contributed by atoms with Crippen LogP contribution < -0.4 is 14.8 Å². The third-order valence-electron chi connectivity index (χ3n) is 15.4. The summed E-state index contributed by atoms with van der Waals surface area (Å²) in [5, 5.41) is 49.2. The molecule has 3 N–H and O–H groups in total. The molecule has 4 aromatic rings. The number of halogens is 1. The van der Waals surface area contributed by atoms with E-state index in [1.165, 1.54) is 69.2 Å². The van der Waals surface area contributed by atoms with Crippen molar-refractivity contribution in [2.45, 2.75) is 147 Å². The van der Waals surface area contributed by atoms with Gasteiger partial charge >= 0.3 is 6.09 Å². The molecular weight excluding hydrogens is 994 g/mol. The summed E-state index contributed by atoms with van der Waals surface area (Å²) in [6.45, 7) is 6.67. The van der Waals surface area contributed by atoms with Crippen molar-refractivity contribution >= 4 is 23.4 Å². The average molecular weight is 1070 g/mol. The highest BCUT2D eigenvalue weighted by Gasteiger charge is 2.65. The first-order valence-electron chi connectivity index (χ1n) is 28.0. The Morgan fingerprint density at radius 2 is 1.56 bits per heavy atom. The minimum Gasteiger partial charge on any atom is -0.459 e. The number of aliphatic hydroxyl groups is 2. The van der Waals surface area contributed by atoms with Crippen LogP contribution in [0.25, 0.3) is 0 Å². The Balaban J connectivity index is 1.33. The van der Waals surface area contributed by atoms with Gasteiger partial charge in [0.25, 0.3) is 11.6 Å². The molecule has 2 amide bonds. The summed E-state index contributed by atoms with van der Waals surface area (Å²) in [4.78, 5) is 47.9. The fraction of sp³-hybridized carbons (Fsp3) is 0.484. The molecule has 1 aliphatic heterocycles. The first kappa shape index (κ1) is 58.7. The molecule has 6 atom stereocenters. The number of carbonyl (C=O) groups is 2. The minimum absolute atomic E-state index is 0.00355. The Kier molecular flexibility index (Phi) is 22.4. The zero-order valence-electron chi connectivity index (χ0n) is 45.0. The lowest BCUT2D eigenvalue weighted by Gasteiger charge is -2.60. The zero-order chi connectivity index (χ0) is 55.3. The molecule has 7 rings (SSSR count). The number of non-ortho nitro benzene ring substituents is 1. The lowest BCUT2D eigenvalue weighted by atomic mass is 9.55. The number of nitrogens with zero attached hydrogens (tertiary/aromatic N) is 4. The molecule has 4 aromatic carbocycles. The van der Waals surface area contributed by atoms with Gasteiger partial charge in [-0.3, -0.25) is 14.9 Å². The fourth-order valence-electron chi connectivity index (χ4n) is 11.5. The second-order valence-electron chi connectivity index (χ2n) is 20.7. The predicted molar refractivity (Wildman–Crippen MR) is 296 cm³/mol. The molecule has 78 heavy (non-hydrogen) atoms. The van der Waals surface area contributed by atoms with Crippen molar-refractivity contribution in [2.24, 2.45) is 22.9 Å². The number of rotatable bonds is 31. The van der Waals surface area contributed by atoms with Crippen molar-refractivity contribution < 1.29 is 48.2 Å². The number of oxime groups is 1. The third kappa shape index (κ3) is 15.2. The van der Waals surface area contributed by atoms with Crippen molar-refractivity contribution in [1.82, 2.24) is 10.2 Å². The number of nitro groups is 1. The maximum absolute atomic E-state index is 15.5. The Labute approximate surface area is 458 Å². The van der Waals surface area contributed by atoms with E-state index in [0.717, 1.165) is 30.4 Å². The van der Waals surface area contributed by atoms with Crippen LogP contribution in [0.2, 0.25) is 0 Å². The topological polar surface area (TPSA) is 206 Å². The number of fused-ring (bicyclic) bond motifs is 2. The number of carbonyl (C=O) groups excluding carboxylic acids is 2. The minimum atomic E-state index is -1.67. The summed E-state index contributed by atoms with van der Waals surface area (Å²) in [5.41, 5.74) is 3.82. The lowest BCUT2D eigenvalue weighted by Crippen LogP contribution is -2.70. The van der Waals surface area contributed by atoms with Crippen molar-refractivity contribution in [3.63, 3.8) is 0 Å². The second-order valence-corrected chi connectivity index (χ2v) is 20.7.